The average Bonchev–Trinajstić information content (AvgIpc) is 3.20. The third kappa shape index (κ3) is 1.99. The van der Waals surface area contributed by atoms with Gasteiger partial charge in [0.15, 0.2) is 0 Å². The van der Waals surface area contributed by atoms with Gasteiger partial charge in [-0.3, -0.25) is 0 Å². The molecule has 0 unspecified atom stereocenters. The number of nitrogens with one attached hydrogen (secondary N) is 1. The molecule has 2 aromatic carbocycles. The summed E-state index contributed by atoms with van der Waals surface area (Å²) in [6.07, 6.45) is 1.89. The Kier molecular flexibility index (Phi) is 2.97. The summed E-state index contributed by atoms with van der Waals surface area (Å²) < 4.78 is 0. The molecule has 1 N–H and O–H groups in total. The highest BCUT2D eigenvalue weighted by Gasteiger charge is 2.23. The number of hydrogen-bond donors (Lipinski definition) is 1. The van der Waals surface area contributed by atoms with E-state index >= 15 is 0 Å². The molecule has 1 aromatic heterocycles. The maximum absolute atomic E-state index is 4.55. The minimum atomic E-state index is 0.874. The molecule has 0 fully saturated rings. The van der Waals surface area contributed by atoms with E-state index in [1.807, 2.05) is 37.4 Å². The molecule has 0 radical (unpaired) electrons. The predicted octanol–water partition coefficient (Wildman–Crippen LogP) is 4.26. The van der Waals surface area contributed by atoms with Crippen LogP contribution in [0.25, 0.3) is 11.1 Å². The second-order valence-electron chi connectivity index (χ2n) is 5.31. The Bertz CT molecular complexity index is 839. The smallest absolute Gasteiger partial charge is 0.101 e. The molecule has 106 valence electrons. The van der Waals surface area contributed by atoms with E-state index in [2.05, 4.69) is 51.6 Å². The van der Waals surface area contributed by atoms with E-state index in [-0.39, 0.29) is 0 Å². The average molecular weight is 285 g/mol. The van der Waals surface area contributed by atoms with Crippen molar-refractivity contribution < 1.29 is 0 Å². The summed E-state index contributed by atoms with van der Waals surface area (Å²) in [6.45, 7) is 1.96. The number of rotatable bonds is 2. The van der Waals surface area contributed by atoms with E-state index in [1.54, 1.807) is 0 Å². The van der Waals surface area contributed by atoms with Gasteiger partial charge in [0.25, 0.3) is 0 Å². The second kappa shape index (κ2) is 5.11. The number of H-pyrrole nitrogens is 1. The van der Waals surface area contributed by atoms with Crippen molar-refractivity contribution in [3.8, 4) is 11.1 Å². The molecule has 3 heteroatoms. The first kappa shape index (κ1) is 12.8. The normalized spacial score (nSPS) is 13.0. The molecule has 1 heterocycles. The van der Waals surface area contributed by atoms with Crippen molar-refractivity contribution >= 4 is 11.4 Å². The van der Waals surface area contributed by atoms with Gasteiger partial charge in [0, 0.05) is 17.3 Å². The fourth-order valence-electron chi connectivity index (χ4n) is 2.84. The van der Waals surface area contributed by atoms with E-state index in [4.69, 9.17) is 0 Å². The first-order valence-corrected chi connectivity index (χ1v) is 7.30. The van der Waals surface area contributed by atoms with Gasteiger partial charge in [-0.15, -0.1) is 5.10 Å². The van der Waals surface area contributed by atoms with Crippen LogP contribution in [0.1, 0.15) is 23.7 Å². The summed E-state index contributed by atoms with van der Waals surface area (Å²) in [6, 6.07) is 20.6. The zero-order valence-electron chi connectivity index (χ0n) is 12.2. The van der Waals surface area contributed by atoms with Crippen LogP contribution in [0.3, 0.4) is 0 Å². The molecule has 1 aliphatic rings. The van der Waals surface area contributed by atoms with Crippen LogP contribution >= 0.6 is 0 Å². The van der Waals surface area contributed by atoms with Gasteiger partial charge in [0.05, 0.1) is 11.4 Å². The van der Waals surface area contributed by atoms with Crippen molar-refractivity contribution in [1.82, 2.24) is 4.98 Å². The Morgan fingerprint density at radius 1 is 0.773 bits per heavy atom. The monoisotopic (exact) mass is 285 g/mol. The zero-order valence-corrected chi connectivity index (χ0v) is 12.2. The fraction of sp³-hybridized carbons (Fsp3) is 0.0526. The molecule has 3 nitrogen and oxygen atoms in total. The van der Waals surface area contributed by atoms with Crippen LogP contribution in [0.2, 0.25) is 0 Å². The van der Waals surface area contributed by atoms with Crippen LogP contribution in [0.15, 0.2) is 77.1 Å². The maximum atomic E-state index is 4.55. The van der Waals surface area contributed by atoms with Crippen molar-refractivity contribution in [1.29, 1.82) is 0 Å². The highest BCUT2D eigenvalue weighted by molar-refractivity contribution is 6.24. The van der Waals surface area contributed by atoms with Gasteiger partial charge in [-0.2, -0.15) is 5.10 Å². The van der Waals surface area contributed by atoms with Crippen LogP contribution in [0, 0.1) is 0 Å². The van der Waals surface area contributed by atoms with Gasteiger partial charge in [0.1, 0.15) is 5.71 Å². The lowest BCUT2D eigenvalue weighted by atomic mass is 10.1. The van der Waals surface area contributed by atoms with Crippen LogP contribution in [0.4, 0.5) is 0 Å². The Balaban J connectivity index is 1.85. The van der Waals surface area contributed by atoms with Gasteiger partial charge in [-0.05, 0) is 30.2 Å². The number of hydrogen-bond acceptors (Lipinski definition) is 2. The van der Waals surface area contributed by atoms with Gasteiger partial charge in [-0.25, -0.2) is 0 Å². The maximum Gasteiger partial charge on any atom is 0.101 e. The molecule has 0 aliphatic heterocycles. The number of aromatic amines is 1. The minimum absolute atomic E-state index is 0.874. The molecule has 0 atom stereocenters. The van der Waals surface area contributed by atoms with Crippen molar-refractivity contribution in [2.24, 2.45) is 10.2 Å². The summed E-state index contributed by atoms with van der Waals surface area (Å²) in [7, 11) is 0. The molecule has 1 aliphatic carbocycles. The highest BCUT2D eigenvalue weighted by Crippen LogP contribution is 2.36. The molecular formula is C19H15N3. The molecule has 3 aromatic rings. The van der Waals surface area contributed by atoms with Crippen LogP contribution in [0.5, 0.6) is 0 Å². The molecular weight excluding hydrogens is 270 g/mol. The van der Waals surface area contributed by atoms with E-state index < -0.39 is 0 Å². The SMILES string of the molecule is C/C(=N\N=C1c2ccccc2-c2ccccc21)c1ccc[nH]1. The third-order valence-corrected chi connectivity index (χ3v) is 3.94. The van der Waals surface area contributed by atoms with E-state index in [0.717, 1.165) is 28.2 Å². The molecule has 0 spiro atoms. The number of nitrogens with zero attached hydrogens (tertiary/aromatic N) is 2. The van der Waals surface area contributed by atoms with Gasteiger partial charge >= 0.3 is 0 Å². The molecule has 0 bridgehead atoms. The van der Waals surface area contributed by atoms with E-state index in [1.165, 1.54) is 11.1 Å². The Morgan fingerprint density at radius 3 is 1.91 bits per heavy atom. The predicted molar refractivity (Wildman–Crippen MR) is 90.5 cm³/mol. The standard InChI is InChI=1S/C19H15N3/c1-13(18-11-6-12-20-18)21-22-19-16-9-4-2-7-14(16)15-8-3-5-10-17(15)19/h2-12,20H,1H3/b21-13+. The zero-order chi connectivity index (χ0) is 14.9. The number of fused-ring (bicyclic) bond motifs is 3. The summed E-state index contributed by atoms with van der Waals surface area (Å²) in [5, 5.41) is 8.97. The molecule has 0 saturated heterocycles. The second-order valence-corrected chi connectivity index (χ2v) is 5.31. The minimum Gasteiger partial charge on any atom is -0.360 e. The Morgan fingerprint density at radius 2 is 1.36 bits per heavy atom. The quantitative estimate of drug-likeness (QED) is 0.422. The lowest BCUT2D eigenvalue weighted by molar-refractivity contribution is 1.21. The number of benzene rings is 2. The van der Waals surface area contributed by atoms with Crippen LogP contribution in [-0.4, -0.2) is 16.4 Å². The highest BCUT2D eigenvalue weighted by atomic mass is 15.2. The summed E-state index contributed by atoms with van der Waals surface area (Å²) in [5.74, 6) is 0. The van der Waals surface area contributed by atoms with Gasteiger partial charge in [0.2, 0.25) is 0 Å². The van der Waals surface area contributed by atoms with Crippen molar-refractivity contribution in [2.75, 3.05) is 0 Å². The first-order valence-electron chi connectivity index (χ1n) is 7.30. The van der Waals surface area contributed by atoms with E-state index in [0.29, 0.717) is 0 Å². The molecule has 22 heavy (non-hydrogen) atoms. The van der Waals surface area contributed by atoms with Crippen LogP contribution in [-0.2, 0) is 0 Å². The number of aromatic nitrogens is 1. The summed E-state index contributed by atoms with van der Waals surface area (Å²) in [4.78, 5) is 3.15. The van der Waals surface area contributed by atoms with Gasteiger partial charge < -0.3 is 4.98 Å². The summed E-state index contributed by atoms with van der Waals surface area (Å²) in [5.41, 5.74) is 7.55. The van der Waals surface area contributed by atoms with E-state index in [9.17, 15) is 0 Å². The lowest BCUT2D eigenvalue weighted by Gasteiger charge is -1.99. The third-order valence-electron chi connectivity index (χ3n) is 3.94. The molecule has 0 saturated carbocycles. The van der Waals surface area contributed by atoms with Crippen molar-refractivity contribution in [3.63, 3.8) is 0 Å². The van der Waals surface area contributed by atoms with Crippen molar-refractivity contribution in [3.05, 3.63) is 83.7 Å². The van der Waals surface area contributed by atoms with Gasteiger partial charge in [-0.1, -0.05) is 48.5 Å². The first-order chi connectivity index (χ1) is 10.8. The Hall–Kier alpha value is -2.94. The molecule has 4 rings (SSSR count). The van der Waals surface area contributed by atoms with Crippen molar-refractivity contribution in [2.45, 2.75) is 6.92 Å². The fourth-order valence-corrected chi connectivity index (χ4v) is 2.84. The largest absolute Gasteiger partial charge is 0.360 e. The van der Waals surface area contributed by atoms with Crippen LogP contribution < -0.4 is 0 Å². The Labute approximate surface area is 129 Å². The molecule has 0 amide bonds. The summed E-state index contributed by atoms with van der Waals surface area (Å²) >= 11 is 0. The topological polar surface area (TPSA) is 40.5 Å². The lowest BCUT2D eigenvalue weighted by Crippen LogP contribution is -1.99.